The molecule has 0 unspecified atom stereocenters. The maximum atomic E-state index is 5.18. The van der Waals surface area contributed by atoms with Crippen molar-refractivity contribution >= 4 is 34.9 Å². The van der Waals surface area contributed by atoms with Crippen LogP contribution >= 0.6 is 34.9 Å². The van der Waals surface area contributed by atoms with Crippen molar-refractivity contribution in [1.29, 1.82) is 0 Å². The highest BCUT2D eigenvalue weighted by Gasteiger charge is 2.07. The Balaban J connectivity index is 1.52. The number of benzene rings is 2. The minimum Gasteiger partial charge on any atom is -0.497 e. The Hall–Kier alpha value is -1.50. The molecule has 1 heterocycles. The molecule has 0 fully saturated rings. The van der Waals surface area contributed by atoms with E-state index < -0.39 is 0 Å². The molecule has 0 aliphatic carbocycles. The first-order valence-corrected chi connectivity index (χ1v) is 10.3. The molecule has 0 bridgehead atoms. The third-order valence-electron chi connectivity index (χ3n) is 3.52. The summed E-state index contributed by atoms with van der Waals surface area (Å²) < 4.78 is 7.21. The lowest BCUT2D eigenvalue weighted by Gasteiger charge is -2.02. The SMILES string of the molecule is COc1ccc(CSc2nnc(SCc3ccccc3C)s2)cc1. The average Bonchev–Trinajstić information content (AvgIpc) is 3.08. The van der Waals surface area contributed by atoms with E-state index in [1.165, 1.54) is 16.7 Å². The fourth-order valence-corrected chi connectivity index (χ4v) is 5.14. The summed E-state index contributed by atoms with van der Waals surface area (Å²) in [7, 11) is 1.68. The van der Waals surface area contributed by atoms with Gasteiger partial charge in [-0.3, -0.25) is 0 Å². The molecule has 24 heavy (non-hydrogen) atoms. The largest absolute Gasteiger partial charge is 0.497 e. The van der Waals surface area contributed by atoms with Crippen LogP contribution in [-0.2, 0) is 11.5 Å². The smallest absolute Gasteiger partial charge is 0.175 e. The number of rotatable bonds is 7. The van der Waals surface area contributed by atoms with Crippen LogP contribution in [0.5, 0.6) is 5.75 Å². The van der Waals surface area contributed by atoms with Crippen LogP contribution in [0.3, 0.4) is 0 Å². The van der Waals surface area contributed by atoms with Crippen molar-refractivity contribution in [3.63, 3.8) is 0 Å². The monoisotopic (exact) mass is 374 g/mol. The Morgan fingerprint density at radius 1 is 0.917 bits per heavy atom. The molecule has 0 saturated heterocycles. The van der Waals surface area contributed by atoms with Crippen molar-refractivity contribution in [2.45, 2.75) is 27.1 Å². The minimum atomic E-state index is 0.884. The van der Waals surface area contributed by atoms with E-state index in [2.05, 4.69) is 53.5 Å². The van der Waals surface area contributed by atoms with Gasteiger partial charge in [0.15, 0.2) is 8.68 Å². The van der Waals surface area contributed by atoms with Gasteiger partial charge < -0.3 is 4.74 Å². The third-order valence-corrected chi connectivity index (χ3v) is 6.83. The van der Waals surface area contributed by atoms with Crippen LogP contribution in [0.15, 0.2) is 57.2 Å². The molecule has 2 aromatic carbocycles. The van der Waals surface area contributed by atoms with Gasteiger partial charge in [-0.15, -0.1) is 10.2 Å². The second-order valence-electron chi connectivity index (χ2n) is 5.19. The topological polar surface area (TPSA) is 35.0 Å². The molecule has 0 amide bonds. The highest BCUT2D eigenvalue weighted by atomic mass is 32.2. The lowest BCUT2D eigenvalue weighted by molar-refractivity contribution is 0.414. The number of hydrogen-bond donors (Lipinski definition) is 0. The molecule has 0 radical (unpaired) electrons. The number of thioether (sulfide) groups is 2. The Labute approximate surface area is 154 Å². The van der Waals surface area contributed by atoms with Crippen LogP contribution in [0.1, 0.15) is 16.7 Å². The first-order valence-electron chi connectivity index (χ1n) is 7.51. The molecule has 3 aromatic rings. The third kappa shape index (κ3) is 4.75. The summed E-state index contributed by atoms with van der Waals surface area (Å²) in [6.45, 7) is 2.14. The number of hydrogen-bond acceptors (Lipinski definition) is 6. The molecule has 3 rings (SSSR count). The maximum absolute atomic E-state index is 5.18. The van der Waals surface area contributed by atoms with Crippen molar-refractivity contribution in [3.8, 4) is 5.75 Å². The van der Waals surface area contributed by atoms with Crippen LogP contribution in [0.4, 0.5) is 0 Å². The summed E-state index contributed by atoms with van der Waals surface area (Å²) in [5.41, 5.74) is 3.93. The van der Waals surface area contributed by atoms with E-state index in [0.717, 1.165) is 25.9 Å². The normalized spacial score (nSPS) is 10.8. The summed E-state index contributed by atoms with van der Waals surface area (Å²) in [6, 6.07) is 16.6. The minimum absolute atomic E-state index is 0.884. The zero-order valence-electron chi connectivity index (χ0n) is 13.6. The summed E-state index contributed by atoms with van der Waals surface area (Å²) in [6.07, 6.45) is 0. The van der Waals surface area contributed by atoms with E-state index in [0.29, 0.717) is 0 Å². The van der Waals surface area contributed by atoms with Gasteiger partial charge in [-0.25, -0.2) is 0 Å². The van der Waals surface area contributed by atoms with Gasteiger partial charge in [0.05, 0.1) is 7.11 Å². The highest BCUT2D eigenvalue weighted by molar-refractivity contribution is 8.02. The maximum Gasteiger partial charge on any atom is 0.175 e. The number of methoxy groups -OCH3 is 1. The average molecular weight is 375 g/mol. The number of ether oxygens (including phenoxy) is 1. The van der Waals surface area contributed by atoms with E-state index >= 15 is 0 Å². The van der Waals surface area contributed by atoms with E-state index in [1.54, 1.807) is 42.0 Å². The lowest BCUT2D eigenvalue weighted by Crippen LogP contribution is -1.84. The van der Waals surface area contributed by atoms with Crippen molar-refractivity contribution in [3.05, 3.63) is 65.2 Å². The molecule has 6 heteroatoms. The lowest BCUT2D eigenvalue weighted by atomic mass is 10.1. The predicted octanol–water partition coefficient (Wildman–Crippen LogP) is 5.44. The van der Waals surface area contributed by atoms with Gasteiger partial charge in [-0.1, -0.05) is 71.3 Å². The summed E-state index contributed by atoms with van der Waals surface area (Å²) in [5.74, 6) is 2.71. The van der Waals surface area contributed by atoms with Gasteiger partial charge in [0.25, 0.3) is 0 Å². The van der Waals surface area contributed by atoms with Gasteiger partial charge >= 0.3 is 0 Å². The Kier molecular flexibility index (Phi) is 6.18. The van der Waals surface area contributed by atoms with Gasteiger partial charge in [-0.05, 0) is 35.7 Å². The first-order chi connectivity index (χ1) is 11.7. The number of aromatic nitrogens is 2. The van der Waals surface area contributed by atoms with Gasteiger partial charge in [0.2, 0.25) is 0 Å². The van der Waals surface area contributed by atoms with Crippen LogP contribution in [-0.4, -0.2) is 17.3 Å². The zero-order chi connectivity index (χ0) is 16.8. The van der Waals surface area contributed by atoms with Gasteiger partial charge in [0.1, 0.15) is 5.75 Å². The van der Waals surface area contributed by atoms with Crippen molar-refractivity contribution < 1.29 is 4.74 Å². The molecule has 3 nitrogen and oxygen atoms in total. The Bertz CT molecular complexity index is 787. The van der Waals surface area contributed by atoms with Crippen LogP contribution in [0.2, 0.25) is 0 Å². The van der Waals surface area contributed by atoms with Crippen LogP contribution in [0.25, 0.3) is 0 Å². The standard InChI is InChI=1S/C18H18N2OS3/c1-13-5-3-4-6-15(13)12-23-18-20-19-17(24-18)22-11-14-7-9-16(21-2)10-8-14/h3-10H,11-12H2,1-2H3. The fraction of sp³-hybridized carbons (Fsp3) is 0.222. The Morgan fingerprint density at radius 2 is 1.58 bits per heavy atom. The fourth-order valence-electron chi connectivity index (χ4n) is 2.09. The molecule has 0 N–H and O–H groups in total. The molecule has 0 aliphatic heterocycles. The molecule has 1 aromatic heterocycles. The summed E-state index contributed by atoms with van der Waals surface area (Å²) in [4.78, 5) is 0. The molecule has 0 saturated carbocycles. The molecule has 0 spiro atoms. The molecule has 0 aliphatic rings. The van der Waals surface area contributed by atoms with Gasteiger partial charge in [-0.2, -0.15) is 0 Å². The first kappa shape index (κ1) is 17.3. The van der Waals surface area contributed by atoms with Gasteiger partial charge in [0, 0.05) is 11.5 Å². The van der Waals surface area contributed by atoms with E-state index in [-0.39, 0.29) is 0 Å². The molecule has 0 atom stereocenters. The molecular formula is C18H18N2OS3. The van der Waals surface area contributed by atoms with E-state index in [1.807, 2.05) is 12.1 Å². The van der Waals surface area contributed by atoms with E-state index in [4.69, 9.17) is 4.74 Å². The van der Waals surface area contributed by atoms with E-state index in [9.17, 15) is 0 Å². The zero-order valence-corrected chi connectivity index (χ0v) is 16.0. The quantitative estimate of drug-likeness (QED) is 0.515. The Morgan fingerprint density at radius 3 is 2.25 bits per heavy atom. The highest BCUT2D eigenvalue weighted by Crippen LogP contribution is 2.32. The molecular weight excluding hydrogens is 356 g/mol. The van der Waals surface area contributed by atoms with Crippen LogP contribution < -0.4 is 4.74 Å². The second kappa shape index (κ2) is 8.55. The van der Waals surface area contributed by atoms with Crippen LogP contribution in [0, 0.1) is 6.92 Å². The molecule has 124 valence electrons. The van der Waals surface area contributed by atoms with Crippen molar-refractivity contribution in [2.24, 2.45) is 0 Å². The van der Waals surface area contributed by atoms with Crippen molar-refractivity contribution in [2.75, 3.05) is 7.11 Å². The van der Waals surface area contributed by atoms with Crippen molar-refractivity contribution in [1.82, 2.24) is 10.2 Å². The number of nitrogens with zero attached hydrogens (tertiary/aromatic N) is 2. The summed E-state index contributed by atoms with van der Waals surface area (Å²) >= 11 is 5.14. The number of aryl methyl sites for hydroxylation is 1. The predicted molar refractivity (Wildman–Crippen MR) is 103 cm³/mol. The summed E-state index contributed by atoms with van der Waals surface area (Å²) in [5, 5.41) is 8.58. The second-order valence-corrected chi connectivity index (χ2v) is 8.61.